The highest BCUT2D eigenvalue weighted by atomic mass is 35.5. The fourth-order valence-electron chi connectivity index (χ4n) is 2.19. The van der Waals surface area contributed by atoms with E-state index in [9.17, 15) is 4.79 Å². The summed E-state index contributed by atoms with van der Waals surface area (Å²) in [7, 11) is 0. The summed E-state index contributed by atoms with van der Waals surface area (Å²) >= 11 is 5.97. The standard InChI is InChI=1S/C13H16ClN3O/c14-12-11(7-18)13(16-8-15-12)17(5-9-1-2-9)6-10-3-4-10/h7-10H,1-6H2. The summed E-state index contributed by atoms with van der Waals surface area (Å²) in [6.45, 7) is 1.98. The molecule has 18 heavy (non-hydrogen) atoms. The van der Waals surface area contributed by atoms with Crippen LogP contribution in [0.1, 0.15) is 36.0 Å². The van der Waals surface area contributed by atoms with Gasteiger partial charge in [0.1, 0.15) is 17.3 Å². The van der Waals surface area contributed by atoms with E-state index in [4.69, 9.17) is 11.6 Å². The Morgan fingerprint density at radius 3 is 2.33 bits per heavy atom. The summed E-state index contributed by atoms with van der Waals surface area (Å²) in [5.74, 6) is 2.23. The number of aromatic nitrogens is 2. The van der Waals surface area contributed by atoms with Crippen molar-refractivity contribution < 1.29 is 4.79 Å². The molecule has 1 heterocycles. The molecule has 0 atom stereocenters. The largest absolute Gasteiger partial charge is 0.355 e. The van der Waals surface area contributed by atoms with Crippen LogP contribution < -0.4 is 4.90 Å². The van der Waals surface area contributed by atoms with Gasteiger partial charge in [-0.25, -0.2) is 9.97 Å². The average Bonchev–Trinajstić information content (AvgIpc) is 3.22. The van der Waals surface area contributed by atoms with E-state index in [2.05, 4.69) is 14.9 Å². The van der Waals surface area contributed by atoms with Crippen LogP contribution in [0.4, 0.5) is 5.82 Å². The molecule has 0 unspecified atom stereocenters. The van der Waals surface area contributed by atoms with Crippen molar-refractivity contribution in [3.63, 3.8) is 0 Å². The molecular formula is C13H16ClN3O. The van der Waals surface area contributed by atoms with Crippen LogP contribution in [0.5, 0.6) is 0 Å². The van der Waals surface area contributed by atoms with Crippen LogP contribution in [0.2, 0.25) is 5.15 Å². The molecule has 2 aliphatic rings. The third-order valence-corrected chi connectivity index (χ3v) is 3.88. The Morgan fingerprint density at radius 2 is 1.83 bits per heavy atom. The molecular weight excluding hydrogens is 250 g/mol. The van der Waals surface area contributed by atoms with Gasteiger partial charge in [-0.15, -0.1) is 0 Å². The Hall–Kier alpha value is -1.16. The molecule has 0 bridgehead atoms. The van der Waals surface area contributed by atoms with Gasteiger partial charge >= 0.3 is 0 Å². The van der Waals surface area contributed by atoms with E-state index in [1.165, 1.54) is 32.0 Å². The Balaban J connectivity index is 1.86. The van der Waals surface area contributed by atoms with Crippen LogP contribution in [0.25, 0.3) is 0 Å². The predicted molar refractivity (Wildman–Crippen MR) is 70.1 cm³/mol. The number of aldehydes is 1. The number of carbonyl (C=O) groups is 1. The molecule has 1 aromatic rings. The van der Waals surface area contributed by atoms with Crippen molar-refractivity contribution in [2.75, 3.05) is 18.0 Å². The lowest BCUT2D eigenvalue weighted by molar-refractivity contribution is 0.112. The van der Waals surface area contributed by atoms with Gasteiger partial charge in [-0.05, 0) is 37.5 Å². The fraction of sp³-hybridized carbons (Fsp3) is 0.615. The van der Waals surface area contributed by atoms with Crippen LogP contribution in [-0.2, 0) is 0 Å². The molecule has 0 saturated heterocycles. The fourth-order valence-corrected chi connectivity index (χ4v) is 2.36. The maximum absolute atomic E-state index is 11.2. The van der Waals surface area contributed by atoms with Crippen molar-refractivity contribution >= 4 is 23.7 Å². The number of nitrogens with zero attached hydrogens (tertiary/aromatic N) is 3. The van der Waals surface area contributed by atoms with Crippen LogP contribution in [-0.4, -0.2) is 29.3 Å². The predicted octanol–water partition coefficient (Wildman–Crippen LogP) is 2.57. The van der Waals surface area contributed by atoms with Gasteiger partial charge in [0.05, 0.1) is 5.56 Å². The highest BCUT2D eigenvalue weighted by Gasteiger charge is 2.31. The van der Waals surface area contributed by atoms with Crippen molar-refractivity contribution in [3.05, 3.63) is 17.0 Å². The number of anilines is 1. The molecule has 0 N–H and O–H groups in total. The first-order valence-electron chi connectivity index (χ1n) is 6.48. The highest BCUT2D eigenvalue weighted by molar-refractivity contribution is 6.32. The number of hydrogen-bond donors (Lipinski definition) is 0. The van der Waals surface area contributed by atoms with E-state index in [1.807, 2.05) is 0 Å². The van der Waals surface area contributed by atoms with Crippen LogP contribution in [0.3, 0.4) is 0 Å². The first kappa shape index (κ1) is 11.9. The molecule has 0 radical (unpaired) electrons. The molecule has 0 spiro atoms. The van der Waals surface area contributed by atoms with Crippen molar-refractivity contribution in [1.82, 2.24) is 9.97 Å². The van der Waals surface area contributed by atoms with Crippen LogP contribution in [0.15, 0.2) is 6.33 Å². The monoisotopic (exact) mass is 265 g/mol. The van der Waals surface area contributed by atoms with E-state index >= 15 is 0 Å². The van der Waals surface area contributed by atoms with Gasteiger partial charge in [0, 0.05) is 13.1 Å². The maximum Gasteiger partial charge on any atom is 0.156 e. The van der Waals surface area contributed by atoms with Crippen molar-refractivity contribution in [2.45, 2.75) is 25.7 Å². The molecule has 1 aromatic heterocycles. The first-order valence-corrected chi connectivity index (χ1v) is 6.86. The second-order valence-corrected chi connectivity index (χ2v) is 5.67. The molecule has 96 valence electrons. The minimum Gasteiger partial charge on any atom is -0.355 e. The second-order valence-electron chi connectivity index (χ2n) is 5.31. The molecule has 0 aromatic carbocycles. The van der Waals surface area contributed by atoms with Gasteiger partial charge < -0.3 is 4.90 Å². The van der Waals surface area contributed by atoms with E-state index in [-0.39, 0.29) is 5.15 Å². The second kappa shape index (κ2) is 4.84. The van der Waals surface area contributed by atoms with E-state index in [1.54, 1.807) is 0 Å². The molecule has 5 heteroatoms. The molecule has 0 amide bonds. The molecule has 3 rings (SSSR count). The Morgan fingerprint density at radius 1 is 1.22 bits per heavy atom. The Bertz CT molecular complexity index is 444. The summed E-state index contributed by atoms with van der Waals surface area (Å²) in [5.41, 5.74) is 0.431. The molecule has 2 fully saturated rings. The summed E-state index contributed by atoms with van der Waals surface area (Å²) in [5, 5.41) is 0.256. The number of halogens is 1. The van der Waals surface area contributed by atoms with Crippen molar-refractivity contribution in [2.24, 2.45) is 11.8 Å². The van der Waals surface area contributed by atoms with E-state index < -0.39 is 0 Å². The zero-order chi connectivity index (χ0) is 12.5. The lowest BCUT2D eigenvalue weighted by Crippen LogP contribution is -2.30. The Kier molecular flexibility index (Phi) is 3.20. The Labute approximate surface area is 111 Å². The SMILES string of the molecule is O=Cc1c(Cl)ncnc1N(CC1CC1)CC1CC1. The minimum atomic E-state index is 0.256. The van der Waals surface area contributed by atoms with Crippen molar-refractivity contribution in [1.29, 1.82) is 0 Å². The lowest BCUT2D eigenvalue weighted by atomic mass is 10.2. The molecule has 2 saturated carbocycles. The third-order valence-electron chi connectivity index (χ3n) is 3.58. The van der Waals surface area contributed by atoms with Gasteiger partial charge in [-0.3, -0.25) is 4.79 Å². The normalized spacial score (nSPS) is 18.7. The smallest absolute Gasteiger partial charge is 0.156 e. The van der Waals surface area contributed by atoms with Gasteiger partial charge in [0.2, 0.25) is 0 Å². The van der Waals surface area contributed by atoms with Crippen LogP contribution in [0, 0.1) is 11.8 Å². The summed E-state index contributed by atoms with van der Waals surface area (Å²) < 4.78 is 0. The number of rotatable bonds is 6. The van der Waals surface area contributed by atoms with Gasteiger partial charge in [0.25, 0.3) is 0 Å². The molecule has 0 aliphatic heterocycles. The number of hydrogen-bond acceptors (Lipinski definition) is 4. The molecule has 2 aliphatic carbocycles. The first-order chi connectivity index (χ1) is 8.78. The maximum atomic E-state index is 11.2. The van der Waals surface area contributed by atoms with Gasteiger partial charge in [0.15, 0.2) is 6.29 Å². The number of carbonyl (C=O) groups excluding carboxylic acids is 1. The third kappa shape index (κ3) is 2.64. The van der Waals surface area contributed by atoms with E-state index in [0.717, 1.165) is 31.2 Å². The topological polar surface area (TPSA) is 46.1 Å². The van der Waals surface area contributed by atoms with E-state index in [0.29, 0.717) is 11.4 Å². The van der Waals surface area contributed by atoms with Crippen molar-refractivity contribution in [3.8, 4) is 0 Å². The lowest BCUT2D eigenvalue weighted by Gasteiger charge is -2.24. The summed E-state index contributed by atoms with van der Waals surface area (Å²) in [4.78, 5) is 21.5. The van der Waals surface area contributed by atoms with Gasteiger partial charge in [-0.2, -0.15) is 0 Å². The summed E-state index contributed by atoms with van der Waals surface area (Å²) in [6.07, 6.45) is 7.36. The quantitative estimate of drug-likeness (QED) is 0.586. The van der Waals surface area contributed by atoms with Gasteiger partial charge in [-0.1, -0.05) is 11.6 Å². The summed E-state index contributed by atoms with van der Waals surface area (Å²) in [6, 6.07) is 0. The highest BCUT2D eigenvalue weighted by Crippen LogP contribution is 2.36. The van der Waals surface area contributed by atoms with Crippen LogP contribution >= 0.6 is 11.6 Å². The zero-order valence-corrected chi connectivity index (χ0v) is 10.9. The minimum absolute atomic E-state index is 0.256. The molecule has 4 nitrogen and oxygen atoms in total. The average molecular weight is 266 g/mol. The zero-order valence-electron chi connectivity index (χ0n) is 10.2.